The van der Waals surface area contributed by atoms with Gasteiger partial charge in [-0.3, -0.25) is 9.59 Å². The molecule has 0 spiro atoms. The van der Waals surface area contributed by atoms with E-state index in [1.165, 1.54) is 0 Å². The molecule has 3 rings (SSSR count). The molecule has 34 heavy (non-hydrogen) atoms. The fraction of sp³-hybridized carbons (Fsp3) is 0.259. The van der Waals surface area contributed by atoms with E-state index in [1.807, 2.05) is 62.4 Å². The lowest BCUT2D eigenvalue weighted by atomic mass is 10.0. The minimum Gasteiger partial charge on any atom is -0.484 e. The monoisotopic (exact) mass is 498 g/mol. The first-order valence-electron chi connectivity index (χ1n) is 11.1. The number of hydrogen-bond donors (Lipinski definition) is 1. The van der Waals surface area contributed by atoms with Gasteiger partial charge in [-0.1, -0.05) is 71.7 Å². The highest BCUT2D eigenvalue weighted by atomic mass is 35.5. The predicted molar refractivity (Wildman–Crippen MR) is 136 cm³/mol. The summed E-state index contributed by atoms with van der Waals surface area (Å²) in [6.45, 7) is 3.72. The molecule has 0 saturated heterocycles. The third-order valence-corrected chi connectivity index (χ3v) is 5.80. The summed E-state index contributed by atoms with van der Waals surface area (Å²) in [7, 11) is 0. The molecule has 0 aliphatic heterocycles. The van der Waals surface area contributed by atoms with E-state index in [4.69, 9.17) is 27.9 Å². The molecule has 0 aliphatic rings. The molecule has 178 valence electrons. The largest absolute Gasteiger partial charge is 0.484 e. The van der Waals surface area contributed by atoms with Crippen LogP contribution in [0.3, 0.4) is 0 Å². The van der Waals surface area contributed by atoms with E-state index >= 15 is 0 Å². The van der Waals surface area contributed by atoms with Crippen molar-refractivity contribution in [3.05, 3.63) is 100 Å². The number of benzene rings is 3. The molecule has 3 aromatic carbocycles. The van der Waals surface area contributed by atoms with E-state index in [0.717, 1.165) is 11.1 Å². The van der Waals surface area contributed by atoms with Gasteiger partial charge in [0.15, 0.2) is 6.61 Å². The van der Waals surface area contributed by atoms with Crippen LogP contribution in [0.2, 0.25) is 10.0 Å². The Morgan fingerprint density at radius 3 is 2.21 bits per heavy atom. The summed E-state index contributed by atoms with van der Waals surface area (Å²) in [5.74, 6) is -0.0397. The van der Waals surface area contributed by atoms with Gasteiger partial charge in [-0.15, -0.1) is 0 Å². The van der Waals surface area contributed by atoms with Gasteiger partial charge in [0.2, 0.25) is 5.91 Å². The highest BCUT2D eigenvalue weighted by Gasteiger charge is 2.31. The highest BCUT2D eigenvalue weighted by Crippen LogP contribution is 2.21. The minimum atomic E-state index is -0.748. The summed E-state index contributed by atoms with van der Waals surface area (Å²) in [6.07, 6.45) is 0.358. The number of nitrogens with one attached hydrogen (secondary N) is 1. The van der Waals surface area contributed by atoms with Gasteiger partial charge in [-0.05, 0) is 55.3 Å². The molecule has 0 fully saturated rings. The zero-order valence-electron chi connectivity index (χ0n) is 19.2. The number of rotatable bonds is 10. The summed E-state index contributed by atoms with van der Waals surface area (Å²) >= 11 is 12.3. The Bertz CT molecular complexity index is 1090. The Balaban J connectivity index is 1.91. The van der Waals surface area contributed by atoms with Crippen LogP contribution >= 0.6 is 23.2 Å². The summed E-state index contributed by atoms with van der Waals surface area (Å²) in [5, 5.41) is 4.06. The van der Waals surface area contributed by atoms with Gasteiger partial charge < -0.3 is 15.0 Å². The second-order valence-electron chi connectivity index (χ2n) is 8.22. The van der Waals surface area contributed by atoms with E-state index in [2.05, 4.69) is 5.32 Å². The van der Waals surface area contributed by atoms with E-state index < -0.39 is 6.04 Å². The number of amides is 2. The molecule has 7 heteroatoms. The van der Waals surface area contributed by atoms with Crippen LogP contribution in [0.15, 0.2) is 78.9 Å². The Hall–Kier alpha value is -3.02. The third kappa shape index (κ3) is 7.51. The maximum Gasteiger partial charge on any atom is 0.261 e. The molecular weight excluding hydrogens is 471 g/mol. The lowest BCUT2D eigenvalue weighted by molar-refractivity contribution is -0.143. The second-order valence-corrected chi connectivity index (χ2v) is 9.07. The Morgan fingerprint density at radius 1 is 0.912 bits per heavy atom. The van der Waals surface area contributed by atoms with Crippen molar-refractivity contribution in [1.82, 2.24) is 10.2 Å². The summed E-state index contributed by atoms with van der Waals surface area (Å²) < 4.78 is 5.72. The highest BCUT2D eigenvalue weighted by molar-refractivity contribution is 6.31. The molecule has 0 aliphatic carbocycles. The van der Waals surface area contributed by atoms with Crippen molar-refractivity contribution in [2.75, 3.05) is 6.61 Å². The lowest BCUT2D eigenvalue weighted by Crippen LogP contribution is -2.52. The number of nitrogens with zero attached hydrogens (tertiary/aromatic N) is 1. The van der Waals surface area contributed by atoms with Gasteiger partial charge in [0.1, 0.15) is 11.8 Å². The summed E-state index contributed by atoms with van der Waals surface area (Å²) in [4.78, 5) is 28.3. The Labute approximate surface area is 210 Å². The van der Waals surface area contributed by atoms with Crippen LogP contribution in [0.4, 0.5) is 0 Å². The van der Waals surface area contributed by atoms with Crippen molar-refractivity contribution in [2.45, 2.75) is 38.9 Å². The number of hydrogen-bond acceptors (Lipinski definition) is 3. The van der Waals surface area contributed by atoms with Crippen molar-refractivity contribution >= 4 is 35.0 Å². The average Bonchev–Trinajstić information content (AvgIpc) is 2.82. The van der Waals surface area contributed by atoms with Gasteiger partial charge in [-0.2, -0.15) is 0 Å². The standard InChI is InChI=1S/C27H28Cl2N2O3/c1-19(2)30-27(33)25(16-20-8-4-3-5-9-20)31(17-21-10-6-7-11-24(21)29)26(32)18-34-23-14-12-22(28)13-15-23/h3-15,19,25H,16-18H2,1-2H3,(H,30,33). The second kappa shape index (κ2) is 12.4. The van der Waals surface area contributed by atoms with Crippen LogP contribution in [0, 0.1) is 0 Å². The van der Waals surface area contributed by atoms with E-state index in [0.29, 0.717) is 22.2 Å². The number of halogens is 2. The molecule has 0 saturated carbocycles. The average molecular weight is 499 g/mol. The van der Waals surface area contributed by atoms with Crippen molar-refractivity contribution in [3.8, 4) is 5.75 Å². The maximum atomic E-state index is 13.5. The number of ether oxygens (including phenoxy) is 1. The SMILES string of the molecule is CC(C)NC(=O)C(Cc1ccccc1)N(Cc1ccccc1Cl)C(=O)COc1ccc(Cl)cc1. The first-order valence-corrected chi connectivity index (χ1v) is 11.8. The van der Waals surface area contributed by atoms with Crippen LogP contribution in [-0.4, -0.2) is 35.4 Å². The molecular formula is C27H28Cl2N2O3. The van der Waals surface area contributed by atoms with Gasteiger partial charge >= 0.3 is 0 Å². The quantitative estimate of drug-likeness (QED) is 0.399. The molecule has 0 heterocycles. The van der Waals surface area contributed by atoms with Crippen molar-refractivity contribution in [1.29, 1.82) is 0 Å². The maximum absolute atomic E-state index is 13.5. The predicted octanol–water partition coefficient (Wildman–Crippen LogP) is 5.54. The first kappa shape index (κ1) is 25.6. The zero-order valence-corrected chi connectivity index (χ0v) is 20.7. The first-order chi connectivity index (χ1) is 16.3. The summed E-state index contributed by atoms with van der Waals surface area (Å²) in [5.41, 5.74) is 1.70. The Kier molecular flexibility index (Phi) is 9.37. The molecule has 0 aromatic heterocycles. The lowest BCUT2D eigenvalue weighted by Gasteiger charge is -2.32. The fourth-order valence-electron chi connectivity index (χ4n) is 3.50. The topological polar surface area (TPSA) is 58.6 Å². The third-order valence-electron chi connectivity index (χ3n) is 5.18. The van der Waals surface area contributed by atoms with Crippen LogP contribution in [-0.2, 0) is 22.6 Å². The van der Waals surface area contributed by atoms with E-state index in [9.17, 15) is 9.59 Å². The molecule has 1 unspecified atom stereocenters. The van der Waals surface area contributed by atoms with Gasteiger partial charge in [0.25, 0.3) is 5.91 Å². The Morgan fingerprint density at radius 2 is 1.56 bits per heavy atom. The molecule has 2 amide bonds. The molecule has 1 atom stereocenters. The van der Waals surface area contributed by atoms with Gasteiger partial charge in [0.05, 0.1) is 0 Å². The summed E-state index contributed by atoms with van der Waals surface area (Å²) in [6, 6.07) is 22.9. The number of carbonyl (C=O) groups excluding carboxylic acids is 2. The van der Waals surface area contributed by atoms with Gasteiger partial charge in [0, 0.05) is 29.1 Å². The van der Waals surface area contributed by atoms with E-state index in [1.54, 1.807) is 35.2 Å². The van der Waals surface area contributed by atoms with Crippen LogP contribution < -0.4 is 10.1 Å². The molecule has 3 aromatic rings. The fourth-order valence-corrected chi connectivity index (χ4v) is 3.83. The van der Waals surface area contributed by atoms with Crippen molar-refractivity contribution < 1.29 is 14.3 Å². The number of carbonyl (C=O) groups is 2. The minimum absolute atomic E-state index is 0.0756. The molecule has 1 N–H and O–H groups in total. The van der Waals surface area contributed by atoms with E-state index in [-0.39, 0.29) is 31.0 Å². The molecule has 0 radical (unpaired) electrons. The molecule has 0 bridgehead atoms. The zero-order chi connectivity index (χ0) is 24.5. The van der Waals surface area contributed by atoms with Gasteiger partial charge in [-0.25, -0.2) is 0 Å². The van der Waals surface area contributed by atoms with Crippen LogP contribution in [0.1, 0.15) is 25.0 Å². The normalized spacial score (nSPS) is 11.7. The molecule has 5 nitrogen and oxygen atoms in total. The van der Waals surface area contributed by atoms with Crippen LogP contribution in [0.25, 0.3) is 0 Å². The smallest absolute Gasteiger partial charge is 0.261 e. The van der Waals surface area contributed by atoms with Crippen molar-refractivity contribution in [2.24, 2.45) is 0 Å². The van der Waals surface area contributed by atoms with Crippen molar-refractivity contribution in [3.63, 3.8) is 0 Å². The van der Waals surface area contributed by atoms with Crippen LogP contribution in [0.5, 0.6) is 5.75 Å².